The molecule has 1 aliphatic rings. The molecule has 1 saturated heterocycles. The zero-order valence-electron chi connectivity index (χ0n) is 19.2. The van der Waals surface area contributed by atoms with Crippen LogP contribution in [-0.4, -0.2) is 23.2 Å². The van der Waals surface area contributed by atoms with Gasteiger partial charge in [0.25, 0.3) is 0 Å². The van der Waals surface area contributed by atoms with Crippen molar-refractivity contribution in [3.63, 3.8) is 0 Å². The third-order valence-electron chi connectivity index (χ3n) is 7.23. The summed E-state index contributed by atoms with van der Waals surface area (Å²) in [6.07, 6.45) is 1.85. The van der Waals surface area contributed by atoms with E-state index in [0.717, 1.165) is 24.4 Å². The van der Waals surface area contributed by atoms with Gasteiger partial charge in [-0.3, -0.25) is 4.90 Å². The fourth-order valence-corrected chi connectivity index (χ4v) is 5.77. The van der Waals surface area contributed by atoms with Gasteiger partial charge in [-0.2, -0.15) is 0 Å². The van der Waals surface area contributed by atoms with E-state index >= 15 is 0 Å². The predicted octanol–water partition coefficient (Wildman–Crippen LogP) is 7.08. The number of rotatable bonds is 6. The molecule has 4 aromatic rings. The highest BCUT2D eigenvalue weighted by Gasteiger charge is 2.47. The Morgan fingerprint density at radius 2 is 1.18 bits per heavy atom. The van der Waals surface area contributed by atoms with Gasteiger partial charge in [-0.1, -0.05) is 115 Å². The lowest BCUT2D eigenvalue weighted by Gasteiger charge is -2.52. The second-order valence-corrected chi connectivity index (χ2v) is 9.58. The van der Waals surface area contributed by atoms with E-state index in [-0.39, 0.29) is 18.6 Å². The van der Waals surface area contributed by atoms with Crippen molar-refractivity contribution in [2.45, 2.75) is 24.4 Å². The number of likely N-dealkylation sites (tertiary alicyclic amines) is 1. The molecule has 5 rings (SSSR count). The van der Waals surface area contributed by atoms with E-state index in [2.05, 4.69) is 108 Å². The van der Waals surface area contributed by atoms with E-state index in [0.29, 0.717) is 0 Å². The first-order chi connectivity index (χ1) is 16.7. The highest BCUT2D eigenvalue weighted by Crippen LogP contribution is 2.49. The van der Waals surface area contributed by atoms with Crippen LogP contribution in [0.5, 0.6) is 0 Å². The second-order valence-electron chi connectivity index (χ2n) is 9.14. The Morgan fingerprint density at radius 1 is 0.706 bits per heavy atom. The van der Waals surface area contributed by atoms with Gasteiger partial charge in [0.05, 0.1) is 5.54 Å². The maximum atomic E-state index is 10.1. The molecule has 1 N–H and O–H groups in total. The number of halogens is 1. The van der Waals surface area contributed by atoms with Crippen LogP contribution in [-0.2, 0) is 5.54 Å². The van der Waals surface area contributed by atoms with Crippen LogP contribution in [0.25, 0.3) is 0 Å². The summed E-state index contributed by atoms with van der Waals surface area (Å²) in [6, 6.07) is 40.9. The summed E-state index contributed by atoms with van der Waals surface area (Å²) in [6.45, 7) is 1.09. The summed E-state index contributed by atoms with van der Waals surface area (Å²) in [5.41, 5.74) is 4.49. The van der Waals surface area contributed by atoms with Crippen molar-refractivity contribution in [2.24, 2.45) is 5.92 Å². The van der Waals surface area contributed by atoms with Crippen LogP contribution < -0.4 is 0 Å². The molecule has 1 fully saturated rings. The van der Waals surface area contributed by atoms with Crippen LogP contribution in [0.3, 0.4) is 0 Å². The van der Waals surface area contributed by atoms with Gasteiger partial charge in [-0.05, 0) is 53.1 Å². The van der Waals surface area contributed by atoms with Crippen LogP contribution in [0.15, 0.2) is 115 Å². The molecule has 0 aliphatic carbocycles. The summed E-state index contributed by atoms with van der Waals surface area (Å²) < 4.78 is 0. The minimum Gasteiger partial charge on any atom is -0.396 e. The van der Waals surface area contributed by atoms with Gasteiger partial charge in [-0.25, -0.2) is 0 Å². The molecule has 0 bridgehead atoms. The maximum absolute atomic E-state index is 10.1. The van der Waals surface area contributed by atoms with E-state index in [1.54, 1.807) is 0 Å². The van der Waals surface area contributed by atoms with E-state index in [1.165, 1.54) is 22.3 Å². The molecular formula is C31H30ClNO. The topological polar surface area (TPSA) is 23.5 Å². The molecule has 0 spiro atoms. The number of piperidine rings is 1. The Hall–Kier alpha value is -2.91. The van der Waals surface area contributed by atoms with Crippen molar-refractivity contribution in [1.29, 1.82) is 0 Å². The van der Waals surface area contributed by atoms with Gasteiger partial charge in [0.2, 0.25) is 0 Å². The zero-order valence-corrected chi connectivity index (χ0v) is 20.0. The lowest BCUT2D eigenvalue weighted by Crippen LogP contribution is -2.53. The van der Waals surface area contributed by atoms with Crippen LogP contribution in [0.2, 0.25) is 5.02 Å². The van der Waals surface area contributed by atoms with Gasteiger partial charge in [0, 0.05) is 24.2 Å². The predicted molar refractivity (Wildman–Crippen MR) is 140 cm³/mol. The number of hydrogen-bond donors (Lipinski definition) is 1. The monoisotopic (exact) mass is 467 g/mol. The van der Waals surface area contributed by atoms with Crippen molar-refractivity contribution in [1.82, 2.24) is 4.90 Å². The lowest BCUT2D eigenvalue weighted by atomic mass is 9.72. The maximum Gasteiger partial charge on any atom is 0.0977 e. The molecular weight excluding hydrogens is 438 g/mol. The van der Waals surface area contributed by atoms with Crippen molar-refractivity contribution in [2.75, 3.05) is 13.2 Å². The normalized spacial score (nSPS) is 19.1. The Kier molecular flexibility index (Phi) is 6.82. The molecule has 0 amide bonds. The first-order valence-electron chi connectivity index (χ1n) is 12.0. The SMILES string of the molecule is OCC1CCN(C(c2ccccc2)(c2ccccc2)c2ccccc2)C(c2ccc(Cl)cc2)C1. The van der Waals surface area contributed by atoms with E-state index < -0.39 is 5.54 Å². The third-order valence-corrected chi connectivity index (χ3v) is 7.48. The van der Waals surface area contributed by atoms with Crippen LogP contribution in [0, 0.1) is 5.92 Å². The summed E-state index contributed by atoms with van der Waals surface area (Å²) in [5.74, 6) is 0.275. The summed E-state index contributed by atoms with van der Waals surface area (Å²) in [5, 5.41) is 10.8. The zero-order chi connectivity index (χ0) is 23.4. The quantitative estimate of drug-likeness (QED) is 0.306. The molecule has 34 heavy (non-hydrogen) atoms. The third kappa shape index (κ3) is 4.18. The van der Waals surface area contributed by atoms with Crippen LogP contribution in [0.4, 0.5) is 0 Å². The van der Waals surface area contributed by atoms with Crippen LogP contribution >= 0.6 is 11.6 Å². The van der Waals surface area contributed by atoms with Crippen molar-refractivity contribution in [3.05, 3.63) is 143 Å². The molecule has 2 atom stereocenters. The minimum atomic E-state index is -0.478. The van der Waals surface area contributed by atoms with Gasteiger partial charge >= 0.3 is 0 Å². The molecule has 2 unspecified atom stereocenters. The van der Waals surface area contributed by atoms with Crippen LogP contribution in [0.1, 0.15) is 41.1 Å². The number of hydrogen-bond acceptors (Lipinski definition) is 2. The highest BCUT2D eigenvalue weighted by atomic mass is 35.5. The first kappa shape index (κ1) is 22.9. The number of aliphatic hydroxyl groups excluding tert-OH is 1. The minimum absolute atomic E-state index is 0.129. The molecule has 1 heterocycles. The largest absolute Gasteiger partial charge is 0.396 e. The summed E-state index contributed by atoms with van der Waals surface area (Å²) >= 11 is 6.27. The van der Waals surface area contributed by atoms with Gasteiger partial charge < -0.3 is 5.11 Å². The second kappa shape index (κ2) is 10.1. The van der Waals surface area contributed by atoms with E-state index in [1.807, 2.05) is 12.1 Å². The van der Waals surface area contributed by atoms with Gasteiger partial charge in [0.1, 0.15) is 0 Å². The Labute approximate surface area is 207 Å². The molecule has 0 radical (unpaired) electrons. The molecule has 2 nitrogen and oxygen atoms in total. The first-order valence-corrected chi connectivity index (χ1v) is 12.4. The molecule has 172 valence electrons. The fourth-order valence-electron chi connectivity index (χ4n) is 5.64. The summed E-state index contributed by atoms with van der Waals surface area (Å²) in [4.78, 5) is 2.66. The molecule has 3 heteroatoms. The number of benzene rings is 4. The van der Waals surface area contributed by atoms with Gasteiger partial charge in [0.15, 0.2) is 0 Å². The highest BCUT2D eigenvalue weighted by molar-refractivity contribution is 6.30. The van der Waals surface area contributed by atoms with Gasteiger partial charge in [-0.15, -0.1) is 0 Å². The molecule has 1 aliphatic heterocycles. The number of aliphatic hydroxyl groups is 1. The molecule has 4 aromatic carbocycles. The van der Waals surface area contributed by atoms with Crippen molar-refractivity contribution >= 4 is 11.6 Å². The van der Waals surface area contributed by atoms with E-state index in [9.17, 15) is 5.11 Å². The lowest BCUT2D eigenvalue weighted by molar-refractivity contribution is 0.0247. The molecule has 0 aromatic heterocycles. The smallest absolute Gasteiger partial charge is 0.0977 e. The average molecular weight is 468 g/mol. The van der Waals surface area contributed by atoms with Crippen molar-refractivity contribution < 1.29 is 5.11 Å². The fraction of sp³-hybridized carbons (Fsp3) is 0.226. The van der Waals surface area contributed by atoms with Crippen molar-refractivity contribution in [3.8, 4) is 0 Å². The Balaban J connectivity index is 1.79. The van der Waals surface area contributed by atoms with E-state index in [4.69, 9.17) is 11.6 Å². The number of nitrogens with zero attached hydrogens (tertiary/aromatic N) is 1. The summed E-state index contributed by atoms with van der Waals surface area (Å²) in [7, 11) is 0. The average Bonchev–Trinajstić information content (AvgIpc) is 2.92. The molecule has 0 saturated carbocycles. The Bertz CT molecular complexity index is 1080. The Morgan fingerprint density at radius 3 is 1.62 bits per heavy atom. The standard InChI is InChI=1S/C31H30ClNO/c32-29-18-16-25(17-19-29)30-22-24(23-34)20-21-33(30)31(26-10-4-1-5-11-26,27-12-6-2-7-13-27)28-14-8-3-9-15-28/h1-19,24,30,34H,20-23H2.